The van der Waals surface area contributed by atoms with E-state index in [1.54, 1.807) is 12.1 Å². The first kappa shape index (κ1) is 11.7. The fourth-order valence-corrected chi connectivity index (χ4v) is 2.05. The van der Waals surface area contributed by atoms with Crippen molar-refractivity contribution in [3.63, 3.8) is 0 Å². The van der Waals surface area contributed by atoms with E-state index in [0.29, 0.717) is 11.6 Å². The quantitative estimate of drug-likeness (QED) is 0.801. The predicted molar refractivity (Wildman–Crippen MR) is 63.1 cm³/mol. The van der Waals surface area contributed by atoms with Gasteiger partial charge in [0.15, 0.2) is 17.4 Å². The summed E-state index contributed by atoms with van der Waals surface area (Å²) in [7, 11) is 0. The molecule has 1 aliphatic rings. The number of nitrogens with one attached hydrogen (secondary N) is 1. The summed E-state index contributed by atoms with van der Waals surface area (Å²) in [6, 6.07) is 3.65. The largest absolute Gasteiger partial charge is 0.437 e. The summed E-state index contributed by atoms with van der Waals surface area (Å²) in [5, 5.41) is 2.88. The molecule has 1 fully saturated rings. The van der Waals surface area contributed by atoms with Gasteiger partial charge in [-0.25, -0.2) is 0 Å². The van der Waals surface area contributed by atoms with Crippen LogP contribution >= 0.6 is 0 Å². The number of carbonyl (C=O) groups is 2. The smallest absolute Gasteiger partial charge is 0.217 e. The van der Waals surface area contributed by atoms with Crippen LogP contribution in [-0.4, -0.2) is 30.8 Å². The van der Waals surface area contributed by atoms with Crippen molar-refractivity contribution in [2.75, 3.05) is 18.0 Å². The number of hydrogen-bond acceptors (Lipinski definition) is 4. The first-order chi connectivity index (χ1) is 8.06. The van der Waals surface area contributed by atoms with Crippen LogP contribution in [0.4, 0.5) is 5.88 Å². The van der Waals surface area contributed by atoms with Crippen LogP contribution in [0.15, 0.2) is 16.5 Å². The molecular weight excluding hydrogens is 220 g/mol. The Labute approximate surface area is 99.8 Å². The minimum absolute atomic E-state index is 0.0132. The molecular formula is C12H16N2O3. The molecule has 1 unspecified atom stereocenters. The SMILES string of the molecule is CC(=O)NC1CCN(c2ccc(C(C)=O)o2)C1. The van der Waals surface area contributed by atoms with Gasteiger partial charge in [0.05, 0.1) is 0 Å². The Morgan fingerprint density at radius 3 is 2.76 bits per heavy atom. The summed E-state index contributed by atoms with van der Waals surface area (Å²) in [6.07, 6.45) is 0.898. The lowest BCUT2D eigenvalue weighted by Crippen LogP contribution is -2.35. The molecule has 1 aromatic heterocycles. The lowest BCUT2D eigenvalue weighted by molar-refractivity contribution is -0.119. The Morgan fingerprint density at radius 1 is 1.41 bits per heavy atom. The fourth-order valence-electron chi connectivity index (χ4n) is 2.05. The highest BCUT2D eigenvalue weighted by molar-refractivity contribution is 5.91. The molecule has 2 heterocycles. The third-order valence-corrected chi connectivity index (χ3v) is 2.85. The molecule has 0 saturated carbocycles. The van der Waals surface area contributed by atoms with Crippen LogP contribution in [0.25, 0.3) is 0 Å². The van der Waals surface area contributed by atoms with E-state index < -0.39 is 0 Å². The predicted octanol–water partition coefficient (Wildman–Crippen LogP) is 1.20. The summed E-state index contributed by atoms with van der Waals surface area (Å²) in [5.74, 6) is 0.987. The summed E-state index contributed by atoms with van der Waals surface area (Å²) in [4.78, 5) is 24.1. The van der Waals surface area contributed by atoms with Gasteiger partial charge in [-0.15, -0.1) is 0 Å². The maximum Gasteiger partial charge on any atom is 0.217 e. The van der Waals surface area contributed by atoms with Gasteiger partial charge in [0.1, 0.15) is 0 Å². The number of nitrogens with zero attached hydrogens (tertiary/aromatic N) is 1. The third kappa shape index (κ3) is 2.67. The Bertz CT molecular complexity index is 439. The van der Waals surface area contributed by atoms with Crippen LogP contribution in [-0.2, 0) is 4.79 Å². The second-order valence-corrected chi connectivity index (χ2v) is 4.33. The third-order valence-electron chi connectivity index (χ3n) is 2.85. The van der Waals surface area contributed by atoms with E-state index in [1.165, 1.54) is 13.8 Å². The molecule has 1 atom stereocenters. The van der Waals surface area contributed by atoms with Crippen molar-refractivity contribution in [2.45, 2.75) is 26.3 Å². The maximum atomic E-state index is 11.1. The van der Waals surface area contributed by atoms with Crippen molar-refractivity contribution in [1.82, 2.24) is 5.32 Å². The highest BCUT2D eigenvalue weighted by Gasteiger charge is 2.25. The van der Waals surface area contributed by atoms with Gasteiger partial charge in [0, 0.05) is 39.0 Å². The van der Waals surface area contributed by atoms with Gasteiger partial charge in [0.2, 0.25) is 5.91 Å². The molecule has 0 radical (unpaired) electrons. The number of carbonyl (C=O) groups excluding carboxylic acids is 2. The molecule has 1 saturated heterocycles. The van der Waals surface area contributed by atoms with Crippen LogP contribution in [0, 0.1) is 0 Å². The Kier molecular flexibility index (Phi) is 3.17. The average molecular weight is 236 g/mol. The molecule has 5 nitrogen and oxygen atoms in total. The molecule has 1 amide bonds. The number of hydrogen-bond donors (Lipinski definition) is 1. The van der Waals surface area contributed by atoms with E-state index in [9.17, 15) is 9.59 Å². The highest BCUT2D eigenvalue weighted by atomic mass is 16.4. The summed E-state index contributed by atoms with van der Waals surface area (Å²) in [6.45, 7) is 4.55. The Morgan fingerprint density at radius 2 is 2.18 bits per heavy atom. The van der Waals surface area contributed by atoms with Gasteiger partial charge in [-0.1, -0.05) is 0 Å². The van der Waals surface area contributed by atoms with Gasteiger partial charge in [-0.3, -0.25) is 9.59 Å². The standard InChI is InChI=1S/C12H16N2O3/c1-8(15)11-3-4-12(17-11)14-6-5-10(7-14)13-9(2)16/h3-4,10H,5-7H2,1-2H3,(H,13,16). The monoisotopic (exact) mass is 236 g/mol. The minimum Gasteiger partial charge on any atom is -0.437 e. The molecule has 0 spiro atoms. The van der Waals surface area contributed by atoms with E-state index in [-0.39, 0.29) is 17.7 Å². The van der Waals surface area contributed by atoms with Crippen molar-refractivity contribution in [2.24, 2.45) is 0 Å². The molecule has 1 aromatic rings. The lowest BCUT2D eigenvalue weighted by Gasteiger charge is -2.15. The van der Waals surface area contributed by atoms with Crippen molar-refractivity contribution in [3.8, 4) is 0 Å². The number of rotatable bonds is 3. The van der Waals surface area contributed by atoms with Crippen LogP contribution < -0.4 is 10.2 Å². The zero-order valence-electron chi connectivity index (χ0n) is 10.0. The highest BCUT2D eigenvalue weighted by Crippen LogP contribution is 2.23. The summed E-state index contributed by atoms with van der Waals surface area (Å²) in [5.41, 5.74) is 0. The van der Waals surface area contributed by atoms with Gasteiger partial charge in [0.25, 0.3) is 0 Å². The molecule has 5 heteroatoms. The average Bonchev–Trinajstić information content (AvgIpc) is 2.83. The van der Waals surface area contributed by atoms with Gasteiger partial charge in [-0.05, 0) is 12.5 Å². The maximum absolute atomic E-state index is 11.1. The van der Waals surface area contributed by atoms with Crippen LogP contribution in [0.1, 0.15) is 30.8 Å². The molecule has 1 aliphatic heterocycles. The molecule has 1 N–H and O–H groups in total. The Balaban J connectivity index is 1.99. The number of anilines is 1. The van der Waals surface area contributed by atoms with E-state index in [0.717, 1.165) is 19.5 Å². The van der Waals surface area contributed by atoms with Crippen LogP contribution in [0.5, 0.6) is 0 Å². The van der Waals surface area contributed by atoms with Gasteiger partial charge < -0.3 is 14.6 Å². The van der Waals surface area contributed by atoms with Crippen molar-refractivity contribution in [3.05, 3.63) is 17.9 Å². The van der Waals surface area contributed by atoms with E-state index >= 15 is 0 Å². The molecule has 0 bridgehead atoms. The number of amides is 1. The lowest BCUT2D eigenvalue weighted by atomic mass is 10.3. The van der Waals surface area contributed by atoms with E-state index in [2.05, 4.69) is 5.32 Å². The summed E-state index contributed by atoms with van der Waals surface area (Å²) < 4.78 is 5.45. The number of Topliss-reactive ketones (excluding diaryl/α,β-unsaturated/α-hetero) is 1. The number of ketones is 1. The fraction of sp³-hybridized carbons (Fsp3) is 0.500. The molecule has 0 aromatic carbocycles. The molecule has 0 aliphatic carbocycles. The first-order valence-corrected chi connectivity index (χ1v) is 5.69. The normalized spacial score (nSPS) is 19.4. The molecule has 2 rings (SSSR count). The van der Waals surface area contributed by atoms with Crippen molar-refractivity contribution >= 4 is 17.6 Å². The molecule has 92 valence electrons. The zero-order chi connectivity index (χ0) is 12.4. The van der Waals surface area contributed by atoms with Crippen LogP contribution in [0.2, 0.25) is 0 Å². The number of furan rings is 1. The second-order valence-electron chi connectivity index (χ2n) is 4.33. The summed E-state index contributed by atoms with van der Waals surface area (Å²) >= 11 is 0. The van der Waals surface area contributed by atoms with Crippen molar-refractivity contribution in [1.29, 1.82) is 0 Å². The van der Waals surface area contributed by atoms with E-state index in [1.807, 2.05) is 4.90 Å². The van der Waals surface area contributed by atoms with Crippen molar-refractivity contribution < 1.29 is 14.0 Å². The first-order valence-electron chi connectivity index (χ1n) is 5.69. The Hall–Kier alpha value is -1.78. The minimum atomic E-state index is -0.0751. The van der Waals surface area contributed by atoms with Crippen LogP contribution in [0.3, 0.4) is 0 Å². The second kappa shape index (κ2) is 4.61. The molecule has 17 heavy (non-hydrogen) atoms. The topological polar surface area (TPSA) is 62.6 Å². The van der Waals surface area contributed by atoms with Gasteiger partial charge in [-0.2, -0.15) is 0 Å². The zero-order valence-corrected chi connectivity index (χ0v) is 10.0. The van der Waals surface area contributed by atoms with Gasteiger partial charge >= 0.3 is 0 Å². The van der Waals surface area contributed by atoms with E-state index in [4.69, 9.17) is 4.42 Å².